The second-order valence-electron chi connectivity index (χ2n) is 6.79. The Bertz CT molecular complexity index is 1140. The molecule has 0 aliphatic carbocycles. The number of hydrogen-bond acceptors (Lipinski definition) is 8. The standard InChI is InChI=1S/C20H22N2O7S2/c1-4-29-20(25)22-10-9-12-14(11-22)30-18(16(12)19(24)28-2)21-17(23)13-7-5-6-8-15(13)31(3,26)27/h5-8H,4,9-11H2,1-3H3,(H,21,23). The molecule has 3 rings (SSSR count). The van der Waals surface area contributed by atoms with Crippen molar-refractivity contribution >= 4 is 44.1 Å². The lowest BCUT2D eigenvalue weighted by Crippen LogP contribution is -2.36. The molecule has 31 heavy (non-hydrogen) atoms. The predicted molar refractivity (Wildman–Crippen MR) is 114 cm³/mol. The maximum Gasteiger partial charge on any atom is 0.410 e. The van der Waals surface area contributed by atoms with Crippen molar-refractivity contribution in [3.05, 3.63) is 45.8 Å². The van der Waals surface area contributed by atoms with E-state index in [-0.39, 0.29) is 34.2 Å². The molecule has 0 radical (unpaired) electrons. The van der Waals surface area contributed by atoms with Crippen LogP contribution < -0.4 is 5.32 Å². The molecule has 0 spiro atoms. The van der Waals surface area contributed by atoms with Crippen LogP contribution in [0.4, 0.5) is 9.80 Å². The summed E-state index contributed by atoms with van der Waals surface area (Å²) in [5, 5.41) is 2.91. The topological polar surface area (TPSA) is 119 Å². The number of methoxy groups -OCH3 is 1. The fraction of sp³-hybridized carbons (Fsp3) is 0.350. The van der Waals surface area contributed by atoms with Gasteiger partial charge < -0.3 is 19.7 Å². The fourth-order valence-electron chi connectivity index (χ4n) is 3.33. The molecule has 1 N–H and O–H groups in total. The zero-order valence-corrected chi connectivity index (χ0v) is 18.9. The van der Waals surface area contributed by atoms with Crippen LogP contribution in [0.25, 0.3) is 0 Å². The quantitative estimate of drug-likeness (QED) is 0.673. The minimum atomic E-state index is -3.63. The molecule has 0 unspecified atom stereocenters. The monoisotopic (exact) mass is 466 g/mol. The maximum atomic E-state index is 12.9. The molecule has 0 saturated carbocycles. The van der Waals surface area contributed by atoms with E-state index in [1.807, 2.05) is 0 Å². The van der Waals surface area contributed by atoms with Crippen molar-refractivity contribution in [2.75, 3.05) is 31.8 Å². The summed E-state index contributed by atoms with van der Waals surface area (Å²) in [4.78, 5) is 39.6. The number of carbonyl (C=O) groups is 3. The Balaban J connectivity index is 1.97. The highest BCUT2D eigenvalue weighted by Gasteiger charge is 2.32. The van der Waals surface area contributed by atoms with Crippen molar-refractivity contribution in [1.29, 1.82) is 0 Å². The number of amides is 2. The number of thiophene rings is 1. The second kappa shape index (κ2) is 9.06. The Labute approximate surface area is 183 Å². The van der Waals surface area contributed by atoms with Gasteiger partial charge in [0.15, 0.2) is 9.84 Å². The molecule has 166 valence electrons. The second-order valence-corrected chi connectivity index (χ2v) is 9.88. The lowest BCUT2D eigenvalue weighted by atomic mass is 10.0. The first-order chi connectivity index (χ1) is 14.7. The van der Waals surface area contributed by atoms with E-state index < -0.39 is 27.8 Å². The van der Waals surface area contributed by atoms with Gasteiger partial charge in [-0.15, -0.1) is 11.3 Å². The Morgan fingerprint density at radius 1 is 1.23 bits per heavy atom. The van der Waals surface area contributed by atoms with Gasteiger partial charge in [-0.2, -0.15) is 0 Å². The maximum absolute atomic E-state index is 12.9. The number of rotatable bonds is 5. The molecule has 1 aliphatic heterocycles. The van der Waals surface area contributed by atoms with Crippen LogP contribution in [-0.4, -0.2) is 57.8 Å². The molecule has 2 amide bonds. The van der Waals surface area contributed by atoms with Crippen LogP contribution in [0.15, 0.2) is 29.2 Å². The lowest BCUT2D eigenvalue weighted by molar-refractivity contribution is 0.0600. The summed E-state index contributed by atoms with van der Waals surface area (Å²) in [5.41, 5.74) is 0.889. The molecular weight excluding hydrogens is 444 g/mol. The third-order valence-corrected chi connectivity index (χ3v) is 7.02. The first-order valence-corrected chi connectivity index (χ1v) is 12.1. The molecule has 0 atom stereocenters. The average Bonchev–Trinajstić information content (AvgIpc) is 3.09. The number of nitrogens with zero attached hydrogens (tertiary/aromatic N) is 1. The molecule has 0 fully saturated rings. The van der Waals surface area contributed by atoms with Crippen molar-refractivity contribution in [1.82, 2.24) is 4.90 Å². The Hall–Kier alpha value is -2.92. The molecule has 0 bridgehead atoms. The molecule has 1 aromatic heterocycles. The first kappa shape index (κ1) is 22.8. The van der Waals surface area contributed by atoms with E-state index in [2.05, 4.69) is 5.32 Å². The van der Waals surface area contributed by atoms with Crippen LogP contribution in [0.5, 0.6) is 0 Å². The summed E-state index contributed by atoms with van der Waals surface area (Å²) in [5.74, 6) is -1.28. The molecule has 2 heterocycles. The average molecular weight is 467 g/mol. The molecule has 1 aliphatic rings. The van der Waals surface area contributed by atoms with Gasteiger partial charge in [-0.1, -0.05) is 12.1 Å². The number of sulfone groups is 1. The highest BCUT2D eigenvalue weighted by Crippen LogP contribution is 2.38. The number of fused-ring (bicyclic) bond motifs is 1. The Kier molecular flexibility index (Phi) is 6.65. The predicted octanol–water partition coefficient (Wildman–Crippen LogP) is 2.71. The molecule has 1 aromatic carbocycles. The van der Waals surface area contributed by atoms with Gasteiger partial charge in [0.2, 0.25) is 0 Å². The van der Waals surface area contributed by atoms with Gasteiger partial charge in [0.05, 0.1) is 36.3 Å². The van der Waals surface area contributed by atoms with E-state index in [1.165, 1.54) is 30.2 Å². The van der Waals surface area contributed by atoms with E-state index in [4.69, 9.17) is 9.47 Å². The number of ether oxygens (including phenoxy) is 2. The lowest BCUT2D eigenvalue weighted by Gasteiger charge is -2.26. The molecule has 2 aromatic rings. The smallest absolute Gasteiger partial charge is 0.410 e. The largest absolute Gasteiger partial charge is 0.465 e. The van der Waals surface area contributed by atoms with Gasteiger partial charge in [0.1, 0.15) is 5.00 Å². The number of nitrogens with one attached hydrogen (secondary N) is 1. The summed E-state index contributed by atoms with van der Waals surface area (Å²) < 4.78 is 34.0. The highest BCUT2D eigenvalue weighted by atomic mass is 32.2. The summed E-state index contributed by atoms with van der Waals surface area (Å²) in [6.07, 6.45) is 0.964. The first-order valence-electron chi connectivity index (χ1n) is 9.42. The number of anilines is 1. The van der Waals surface area contributed by atoms with E-state index in [0.717, 1.165) is 22.5 Å². The molecular formula is C20H22N2O7S2. The van der Waals surface area contributed by atoms with Crippen LogP contribution in [0.3, 0.4) is 0 Å². The SMILES string of the molecule is CCOC(=O)N1CCc2c(sc(NC(=O)c3ccccc3S(C)(=O)=O)c2C(=O)OC)C1. The summed E-state index contributed by atoms with van der Waals surface area (Å²) >= 11 is 1.15. The third-order valence-electron chi connectivity index (χ3n) is 4.73. The minimum Gasteiger partial charge on any atom is -0.465 e. The number of hydrogen-bond donors (Lipinski definition) is 1. The van der Waals surface area contributed by atoms with Crippen LogP contribution in [0, 0.1) is 0 Å². The van der Waals surface area contributed by atoms with E-state index >= 15 is 0 Å². The number of carbonyl (C=O) groups excluding carboxylic acids is 3. The Morgan fingerprint density at radius 2 is 1.94 bits per heavy atom. The van der Waals surface area contributed by atoms with E-state index in [9.17, 15) is 22.8 Å². The van der Waals surface area contributed by atoms with Crippen molar-refractivity contribution in [2.24, 2.45) is 0 Å². The van der Waals surface area contributed by atoms with Gasteiger partial charge in [-0.25, -0.2) is 18.0 Å². The van der Waals surface area contributed by atoms with Gasteiger partial charge in [0, 0.05) is 17.7 Å². The summed E-state index contributed by atoms with van der Waals surface area (Å²) in [6, 6.07) is 5.84. The highest BCUT2D eigenvalue weighted by molar-refractivity contribution is 7.90. The normalized spacial score (nSPS) is 13.3. The molecule has 0 saturated heterocycles. The van der Waals surface area contributed by atoms with Crippen molar-refractivity contribution in [2.45, 2.75) is 24.8 Å². The van der Waals surface area contributed by atoms with Crippen molar-refractivity contribution in [3.63, 3.8) is 0 Å². The minimum absolute atomic E-state index is 0.0275. The van der Waals surface area contributed by atoms with Crippen LogP contribution >= 0.6 is 11.3 Å². The fourth-order valence-corrected chi connectivity index (χ4v) is 5.46. The Morgan fingerprint density at radius 3 is 2.58 bits per heavy atom. The van der Waals surface area contributed by atoms with Gasteiger partial charge in [-0.05, 0) is 31.0 Å². The zero-order valence-electron chi connectivity index (χ0n) is 17.3. The zero-order chi connectivity index (χ0) is 22.8. The van der Waals surface area contributed by atoms with Gasteiger partial charge >= 0.3 is 12.1 Å². The van der Waals surface area contributed by atoms with Crippen LogP contribution in [0.2, 0.25) is 0 Å². The van der Waals surface area contributed by atoms with Gasteiger partial charge in [-0.3, -0.25) is 4.79 Å². The van der Waals surface area contributed by atoms with E-state index in [0.29, 0.717) is 18.5 Å². The number of benzene rings is 1. The summed E-state index contributed by atoms with van der Waals surface area (Å²) in [7, 11) is -2.39. The van der Waals surface area contributed by atoms with Crippen LogP contribution in [0.1, 0.15) is 38.1 Å². The van der Waals surface area contributed by atoms with Gasteiger partial charge in [0.25, 0.3) is 5.91 Å². The van der Waals surface area contributed by atoms with E-state index in [1.54, 1.807) is 13.0 Å². The van der Waals surface area contributed by atoms with Crippen molar-refractivity contribution < 1.29 is 32.3 Å². The van der Waals surface area contributed by atoms with Crippen LogP contribution in [-0.2, 0) is 32.3 Å². The number of esters is 1. The molecule has 9 nitrogen and oxygen atoms in total. The third kappa shape index (κ3) is 4.72. The van der Waals surface area contributed by atoms with Crippen molar-refractivity contribution in [3.8, 4) is 0 Å². The molecule has 11 heteroatoms. The summed E-state index contributed by atoms with van der Waals surface area (Å²) in [6.45, 7) is 2.56.